The Kier molecular flexibility index (Phi) is 3.51. The predicted molar refractivity (Wildman–Crippen MR) is 59.1 cm³/mol. The second kappa shape index (κ2) is 4.91. The summed E-state index contributed by atoms with van der Waals surface area (Å²) in [5.41, 5.74) is 7.78. The minimum atomic E-state index is -0.385. The minimum absolute atomic E-state index is 0.144. The van der Waals surface area contributed by atoms with Crippen LogP contribution in [0.3, 0.4) is 0 Å². The molecule has 17 heavy (non-hydrogen) atoms. The Morgan fingerprint density at radius 1 is 1.71 bits per heavy atom. The lowest BCUT2D eigenvalue weighted by atomic mass is 9.91. The number of carbonyl (C=O) groups excluding carboxylic acids is 1. The molecular formula is C10H16N4O3. The summed E-state index contributed by atoms with van der Waals surface area (Å²) in [6.07, 6.45) is 1.65. The van der Waals surface area contributed by atoms with Gasteiger partial charge in [-0.15, -0.1) is 0 Å². The third kappa shape index (κ3) is 2.69. The first kappa shape index (κ1) is 12.2. The molecule has 2 heterocycles. The number of hydrogen-bond donors (Lipinski definition) is 1. The number of amides is 1. The van der Waals surface area contributed by atoms with E-state index < -0.39 is 0 Å². The molecule has 0 aromatic heterocycles. The first-order valence-electron chi connectivity index (χ1n) is 5.76. The number of likely N-dealkylation sites (tertiary alicyclic amines) is 1. The molecule has 2 rings (SSSR count). The molecule has 2 aliphatic rings. The number of carbonyl (C=O) groups is 1. The molecule has 7 nitrogen and oxygen atoms in total. The maximum absolute atomic E-state index is 11.7. The van der Waals surface area contributed by atoms with Crippen molar-refractivity contribution in [2.75, 3.05) is 26.2 Å². The van der Waals surface area contributed by atoms with Crippen LogP contribution in [0, 0.1) is 0 Å². The normalized spacial score (nSPS) is 32.5. The van der Waals surface area contributed by atoms with Crippen molar-refractivity contribution in [1.82, 2.24) is 4.90 Å². The third-order valence-corrected chi connectivity index (χ3v) is 3.41. The summed E-state index contributed by atoms with van der Waals surface area (Å²) in [4.78, 5) is 15.9. The Bertz CT molecular complexity index is 355. The summed E-state index contributed by atoms with van der Waals surface area (Å²) >= 11 is 0. The van der Waals surface area contributed by atoms with E-state index in [4.69, 9.17) is 10.3 Å². The highest BCUT2D eigenvalue weighted by atomic mass is 16.5. The van der Waals surface area contributed by atoms with Gasteiger partial charge in [-0.05, 0) is 18.4 Å². The molecule has 2 aliphatic heterocycles. The first-order chi connectivity index (χ1) is 8.15. The summed E-state index contributed by atoms with van der Waals surface area (Å²) in [5.74, 6) is -0.177. The van der Waals surface area contributed by atoms with Crippen molar-refractivity contribution in [3.05, 3.63) is 10.4 Å². The third-order valence-electron chi connectivity index (χ3n) is 3.41. The van der Waals surface area contributed by atoms with Gasteiger partial charge in [0, 0.05) is 31.0 Å². The molecule has 2 fully saturated rings. The standard InChI is InChI=1S/C10H16N4O3/c11-13-12-6-9(16)14-3-2-10(7-14)5-8(15)1-4-17-10/h8,15H,1-7H2/t8-,10+/m1/s1. The minimum Gasteiger partial charge on any atom is -0.393 e. The maximum Gasteiger partial charge on any atom is 0.228 e. The zero-order chi connectivity index (χ0) is 12.3. The second-order valence-corrected chi connectivity index (χ2v) is 4.63. The van der Waals surface area contributed by atoms with E-state index in [9.17, 15) is 9.90 Å². The zero-order valence-corrected chi connectivity index (χ0v) is 9.58. The van der Waals surface area contributed by atoms with Crippen molar-refractivity contribution < 1.29 is 14.6 Å². The van der Waals surface area contributed by atoms with E-state index in [1.54, 1.807) is 4.90 Å². The number of hydrogen-bond acceptors (Lipinski definition) is 4. The molecule has 2 saturated heterocycles. The molecule has 94 valence electrons. The van der Waals surface area contributed by atoms with Crippen LogP contribution < -0.4 is 0 Å². The van der Waals surface area contributed by atoms with Crippen molar-refractivity contribution in [2.24, 2.45) is 5.11 Å². The van der Waals surface area contributed by atoms with E-state index in [0.29, 0.717) is 32.5 Å². The number of rotatable bonds is 2. The predicted octanol–water partition coefficient (Wildman–Crippen LogP) is 0.439. The van der Waals surface area contributed by atoms with Crippen molar-refractivity contribution >= 4 is 5.91 Å². The van der Waals surface area contributed by atoms with E-state index in [1.807, 2.05) is 0 Å². The van der Waals surface area contributed by atoms with Crippen LogP contribution in [0.15, 0.2) is 5.11 Å². The lowest BCUT2D eigenvalue weighted by molar-refractivity contribution is -0.134. The van der Waals surface area contributed by atoms with Crippen molar-refractivity contribution in [1.29, 1.82) is 0 Å². The van der Waals surface area contributed by atoms with Crippen LogP contribution in [0.5, 0.6) is 0 Å². The molecule has 0 saturated carbocycles. The molecule has 0 radical (unpaired) electrons. The number of aliphatic hydroxyl groups excluding tert-OH is 1. The van der Waals surface area contributed by atoms with Gasteiger partial charge in [-0.1, -0.05) is 5.11 Å². The Morgan fingerprint density at radius 3 is 3.24 bits per heavy atom. The molecule has 1 N–H and O–H groups in total. The summed E-state index contributed by atoms with van der Waals surface area (Å²) in [5, 5.41) is 12.9. The van der Waals surface area contributed by atoms with Gasteiger partial charge in [0.25, 0.3) is 0 Å². The fourth-order valence-corrected chi connectivity index (χ4v) is 2.54. The lowest BCUT2D eigenvalue weighted by Gasteiger charge is -2.36. The Hall–Kier alpha value is -1.30. The summed E-state index contributed by atoms with van der Waals surface area (Å²) in [7, 11) is 0. The summed E-state index contributed by atoms with van der Waals surface area (Å²) in [6.45, 7) is 1.49. The van der Waals surface area contributed by atoms with Crippen LogP contribution in [0.25, 0.3) is 10.4 Å². The summed E-state index contributed by atoms with van der Waals surface area (Å²) < 4.78 is 5.72. The van der Waals surface area contributed by atoms with Crippen LogP contribution >= 0.6 is 0 Å². The van der Waals surface area contributed by atoms with Gasteiger partial charge in [0.2, 0.25) is 5.91 Å². The quantitative estimate of drug-likeness (QED) is 0.430. The Morgan fingerprint density at radius 2 is 2.53 bits per heavy atom. The average molecular weight is 240 g/mol. The van der Waals surface area contributed by atoms with Crippen LogP contribution in [-0.4, -0.2) is 53.9 Å². The molecule has 0 aromatic rings. The van der Waals surface area contributed by atoms with E-state index >= 15 is 0 Å². The monoisotopic (exact) mass is 240 g/mol. The van der Waals surface area contributed by atoms with Crippen LogP contribution in [-0.2, 0) is 9.53 Å². The van der Waals surface area contributed by atoms with E-state index in [0.717, 1.165) is 6.42 Å². The molecule has 0 aromatic carbocycles. The zero-order valence-electron chi connectivity index (χ0n) is 9.58. The molecule has 1 spiro atoms. The van der Waals surface area contributed by atoms with Crippen molar-refractivity contribution in [3.8, 4) is 0 Å². The van der Waals surface area contributed by atoms with Crippen molar-refractivity contribution in [2.45, 2.75) is 31.0 Å². The molecule has 1 amide bonds. The molecule has 0 bridgehead atoms. The molecule has 0 unspecified atom stereocenters. The van der Waals surface area contributed by atoms with Gasteiger partial charge in [0.15, 0.2) is 0 Å². The Labute approximate surface area is 99.0 Å². The van der Waals surface area contributed by atoms with Gasteiger partial charge in [-0.3, -0.25) is 4.79 Å². The van der Waals surface area contributed by atoms with Crippen LogP contribution in [0.2, 0.25) is 0 Å². The van der Waals surface area contributed by atoms with Gasteiger partial charge in [0.05, 0.1) is 11.7 Å². The van der Waals surface area contributed by atoms with Gasteiger partial charge >= 0.3 is 0 Å². The van der Waals surface area contributed by atoms with E-state index in [1.165, 1.54) is 0 Å². The topological polar surface area (TPSA) is 98.5 Å². The van der Waals surface area contributed by atoms with E-state index in [-0.39, 0.29) is 24.2 Å². The SMILES string of the molecule is [N-]=[N+]=NCC(=O)N1CC[C@]2(C[C@H](O)CCO2)C1. The highest BCUT2D eigenvalue weighted by molar-refractivity contribution is 5.78. The maximum atomic E-state index is 11.7. The van der Waals surface area contributed by atoms with Gasteiger partial charge < -0.3 is 14.7 Å². The van der Waals surface area contributed by atoms with Crippen LogP contribution in [0.1, 0.15) is 19.3 Å². The van der Waals surface area contributed by atoms with Gasteiger partial charge in [-0.25, -0.2) is 0 Å². The number of ether oxygens (including phenoxy) is 1. The molecule has 7 heteroatoms. The summed E-state index contributed by atoms with van der Waals surface area (Å²) in [6, 6.07) is 0. The molecular weight excluding hydrogens is 224 g/mol. The Balaban J connectivity index is 1.94. The average Bonchev–Trinajstić information content (AvgIpc) is 2.69. The lowest BCUT2D eigenvalue weighted by Crippen LogP contribution is -2.45. The van der Waals surface area contributed by atoms with Crippen LogP contribution in [0.4, 0.5) is 0 Å². The smallest absolute Gasteiger partial charge is 0.228 e. The molecule has 0 aliphatic carbocycles. The fourth-order valence-electron chi connectivity index (χ4n) is 2.54. The number of azide groups is 1. The number of nitrogens with zero attached hydrogens (tertiary/aromatic N) is 4. The highest BCUT2D eigenvalue weighted by Crippen LogP contribution is 2.34. The molecule has 2 atom stereocenters. The van der Waals surface area contributed by atoms with Crippen molar-refractivity contribution in [3.63, 3.8) is 0 Å². The second-order valence-electron chi connectivity index (χ2n) is 4.63. The fraction of sp³-hybridized carbons (Fsp3) is 0.900. The first-order valence-corrected chi connectivity index (χ1v) is 5.76. The van der Waals surface area contributed by atoms with Gasteiger partial charge in [0.1, 0.15) is 6.54 Å². The van der Waals surface area contributed by atoms with E-state index in [2.05, 4.69) is 10.0 Å². The largest absolute Gasteiger partial charge is 0.393 e. The van der Waals surface area contributed by atoms with Gasteiger partial charge in [-0.2, -0.15) is 0 Å². The highest BCUT2D eigenvalue weighted by Gasteiger charge is 2.44. The number of aliphatic hydroxyl groups is 1.